The van der Waals surface area contributed by atoms with Gasteiger partial charge in [-0.15, -0.1) is 0 Å². The van der Waals surface area contributed by atoms with Crippen LogP contribution < -0.4 is 11.1 Å². The van der Waals surface area contributed by atoms with Crippen LogP contribution in [0, 0.1) is 17.5 Å². The molecule has 0 amide bonds. The highest BCUT2D eigenvalue weighted by atomic mass is 19.2. The lowest BCUT2D eigenvalue weighted by atomic mass is 10.1. The normalized spacial score (nSPS) is 10.8. The van der Waals surface area contributed by atoms with Crippen LogP contribution in [0.4, 0.5) is 30.2 Å². The van der Waals surface area contributed by atoms with E-state index in [0.29, 0.717) is 22.8 Å². The van der Waals surface area contributed by atoms with Gasteiger partial charge in [0.25, 0.3) is 0 Å². The number of nitrogens with zero attached hydrogens (tertiary/aromatic N) is 1. The van der Waals surface area contributed by atoms with Crippen LogP contribution in [-0.4, -0.2) is 4.98 Å². The minimum absolute atomic E-state index is 0.163. The van der Waals surface area contributed by atoms with Crippen molar-refractivity contribution in [3.8, 4) is 0 Å². The van der Waals surface area contributed by atoms with E-state index in [1.54, 1.807) is 30.6 Å². The summed E-state index contributed by atoms with van der Waals surface area (Å²) in [5.74, 6) is -3.25. The molecule has 0 radical (unpaired) electrons. The number of nitrogens with one attached hydrogen (secondary N) is 1. The van der Waals surface area contributed by atoms with Gasteiger partial charge in [-0.2, -0.15) is 0 Å². The van der Waals surface area contributed by atoms with Crippen molar-refractivity contribution in [1.82, 2.24) is 4.98 Å². The summed E-state index contributed by atoms with van der Waals surface area (Å²) in [5, 5.41) is 4.12. The standard InChI is InChI=1S/C15H10F3N3/c16-10-5-12(18)15(6-11(10)17)21-14-2-1-13(19)8-3-4-20-7-9(8)14/h1-7,21H,19H2. The van der Waals surface area contributed by atoms with Gasteiger partial charge in [-0.25, -0.2) is 13.2 Å². The zero-order valence-corrected chi connectivity index (χ0v) is 10.7. The number of nitrogens with two attached hydrogens (primary N) is 1. The van der Waals surface area contributed by atoms with Crippen molar-refractivity contribution in [3.05, 3.63) is 60.2 Å². The first-order valence-electron chi connectivity index (χ1n) is 6.10. The Balaban J connectivity index is 2.11. The molecule has 0 spiro atoms. The smallest absolute Gasteiger partial charge is 0.161 e. The zero-order chi connectivity index (χ0) is 15.0. The van der Waals surface area contributed by atoms with Crippen molar-refractivity contribution in [2.75, 3.05) is 11.1 Å². The quantitative estimate of drug-likeness (QED) is 0.554. The molecule has 0 aliphatic rings. The third kappa shape index (κ3) is 2.35. The van der Waals surface area contributed by atoms with Gasteiger partial charge in [0.1, 0.15) is 5.82 Å². The molecule has 1 aromatic heterocycles. The number of halogens is 3. The van der Waals surface area contributed by atoms with E-state index in [2.05, 4.69) is 10.3 Å². The van der Waals surface area contributed by atoms with Gasteiger partial charge in [0, 0.05) is 46.7 Å². The Labute approximate surface area is 118 Å². The van der Waals surface area contributed by atoms with Crippen LogP contribution in [0.5, 0.6) is 0 Å². The van der Waals surface area contributed by atoms with Crippen molar-refractivity contribution >= 4 is 27.8 Å². The Bertz CT molecular complexity index is 834. The van der Waals surface area contributed by atoms with E-state index in [0.717, 1.165) is 11.5 Å². The molecule has 3 N–H and O–H groups in total. The van der Waals surface area contributed by atoms with Gasteiger partial charge in [0.05, 0.1) is 5.69 Å². The number of rotatable bonds is 2. The molecule has 6 heteroatoms. The highest BCUT2D eigenvalue weighted by molar-refractivity contribution is 6.01. The van der Waals surface area contributed by atoms with Crippen LogP contribution in [0.1, 0.15) is 0 Å². The molecule has 0 aliphatic carbocycles. The summed E-state index contributed by atoms with van der Waals surface area (Å²) in [7, 11) is 0. The largest absolute Gasteiger partial charge is 0.398 e. The Kier molecular flexibility index (Phi) is 3.13. The van der Waals surface area contributed by atoms with E-state index in [1.807, 2.05) is 0 Å². The highest BCUT2D eigenvalue weighted by Gasteiger charge is 2.11. The SMILES string of the molecule is Nc1ccc(Nc2cc(F)c(F)cc2F)c2cnccc12. The first-order chi connectivity index (χ1) is 10.1. The number of hydrogen-bond acceptors (Lipinski definition) is 3. The Morgan fingerprint density at radius 3 is 2.43 bits per heavy atom. The fraction of sp³-hybridized carbons (Fsp3) is 0. The second-order valence-electron chi connectivity index (χ2n) is 4.49. The molecular weight excluding hydrogens is 279 g/mol. The van der Waals surface area contributed by atoms with Crippen LogP contribution >= 0.6 is 0 Å². The first kappa shape index (κ1) is 13.2. The van der Waals surface area contributed by atoms with Gasteiger partial charge in [-0.05, 0) is 18.2 Å². The minimum Gasteiger partial charge on any atom is -0.398 e. The van der Waals surface area contributed by atoms with E-state index < -0.39 is 17.5 Å². The molecule has 0 aliphatic heterocycles. The zero-order valence-electron chi connectivity index (χ0n) is 10.7. The maximum Gasteiger partial charge on any atom is 0.161 e. The summed E-state index contributed by atoms with van der Waals surface area (Å²) in [6.07, 6.45) is 3.15. The summed E-state index contributed by atoms with van der Waals surface area (Å²) in [6.45, 7) is 0. The number of aromatic nitrogens is 1. The van der Waals surface area contributed by atoms with Crippen LogP contribution in [0.25, 0.3) is 10.8 Å². The Morgan fingerprint density at radius 2 is 1.62 bits per heavy atom. The van der Waals surface area contributed by atoms with Crippen molar-refractivity contribution in [2.24, 2.45) is 0 Å². The summed E-state index contributed by atoms with van der Waals surface area (Å²) in [5.41, 5.74) is 6.73. The molecule has 1 heterocycles. The molecule has 3 rings (SSSR count). The van der Waals surface area contributed by atoms with Gasteiger partial charge in [0.2, 0.25) is 0 Å². The number of hydrogen-bond donors (Lipinski definition) is 2. The fourth-order valence-electron chi connectivity index (χ4n) is 2.09. The average Bonchev–Trinajstić information content (AvgIpc) is 2.48. The first-order valence-corrected chi connectivity index (χ1v) is 6.10. The molecule has 0 bridgehead atoms. The third-order valence-corrected chi connectivity index (χ3v) is 3.13. The fourth-order valence-corrected chi connectivity index (χ4v) is 2.09. The van der Waals surface area contributed by atoms with Crippen LogP contribution in [0.3, 0.4) is 0 Å². The number of anilines is 3. The summed E-state index contributed by atoms with van der Waals surface area (Å²) >= 11 is 0. The van der Waals surface area contributed by atoms with Crippen LogP contribution in [-0.2, 0) is 0 Å². The molecular formula is C15H10F3N3. The molecule has 0 saturated carbocycles. The average molecular weight is 289 g/mol. The number of fused-ring (bicyclic) bond motifs is 1. The molecule has 2 aromatic carbocycles. The number of benzene rings is 2. The predicted octanol–water partition coefficient (Wildman–Crippen LogP) is 3.98. The number of nitrogen functional groups attached to an aromatic ring is 1. The van der Waals surface area contributed by atoms with Crippen molar-refractivity contribution in [3.63, 3.8) is 0 Å². The van der Waals surface area contributed by atoms with E-state index in [9.17, 15) is 13.2 Å². The van der Waals surface area contributed by atoms with Crippen molar-refractivity contribution in [2.45, 2.75) is 0 Å². The Hall–Kier alpha value is -2.76. The molecule has 0 saturated heterocycles. The van der Waals surface area contributed by atoms with E-state index in [-0.39, 0.29) is 5.69 Å². The highest BCUT2D eigenvalue weighted by Crippen LogP contribution is 2.31. The van der Waals surface area contributed by atoms with Gasteiger partial charge >= 0.3 is 0 Å². The molecule has 3 aromatic rings. The lowest BCUT2D eigenvalue weighted by molar-refractivity contribution is 0.496. The van der Waals surface area contributed by atoms with E-state index >= 15 is 0 Å². The maximum absolute atomic E-state index is 13.7. The molecule has 106 valence electrons. The van der Waals surface area contributed by atoms with Gasteiger partial charge in [0.15, 0.2) is 11.6 Å². The van der Waals surface area contributed by atoms with Gasteiger partial charge < -0.3 is 11.1 Å². The third-order valence-electron chi connectivity index (χ3n) is 3.13. The van der Waals surface area contributed by atoms with Crippen LogP contribution in [0.2, 0.25) is 0 Å². The van der Waals surface area contributed by atoms with Crippen molar-refractivity contribution < 1.29 is 13.2 Å². The van der Waals surface area contributed by atoms with E-state index in [1.165, 1.54) is 0 Å². The van der Waals surface area contributed by atoms with Gasteiger partial charge in [-0.3, -0.25) is 4.98 Å². The maximum atomic E-state index is 13.7. The molecule has 21 heavy (non-hydrogen) atoms. The predicted molar refractivity (Wildman–Crippen MR) is 75.8 cm³/mol. The summed E-state index contributed by atoms with van der Waals surface area (Å²) < 4.78 is 39.8. The minimum atomic E-state index is -1.23. The van der Waals surface area contributed by atoms with Gasteiger partial charge in [-0.1, -0.05) is 0 Å². The van der Waals surface area contributed by atoms with Crippen molar-refractivity contribution in [1.29, 1.82) is 0 Å². The van der Waals surface area contributed by atoms with Crippen LogP contribution in [0.15, 0.2) is 42.7 Å². The summed E-state index contributed by atoms with van der Waals surface area (Å²) in [4.78, 5) is 3.99. The molecule has 0 fully saturated rings. The second-order valence-corrected chi connectivity index (χ2v) is 4.49. The lowest BCUT2D eigenvalue weighted by Crippen LogP contribution is -1.99. The second kappa shape index (κ2) is 4.97. The Morgan fingerprint density at radius 1 is 0.857 bits per heavy atom. The topological polar surface area (TPSA) is 50.9 Å². The van der Waals surface area contributed by atoms with E-state index in [4.69, 9.17) is 5.73 Å². The monoisotopic (exact) mass is 289 g/mol. The molecule has 3 nitrogen and oxygen atoms in total. The lowest BCUT2D eigenvalue weighted by Gasteiger charge is -2.12. The summed E-state index contributed by atoms with van der Waals surface area (Å²) in [6, 6.07) is 6.25. The number of pyridine rings is 1. The molecule has 0 unspecified atom stereocenters. The molecule has 0 atom stereocenters.